The van der Waals surface area contributed by atoms with E-state index in [4.69, 9.17) is 4.99 Å². The van der Waals surface area contributed by atoms with Gasteiger partial charge in [0.05, 0.1) is 6.20 Å². The minimum Gasteiger partial charge on any atom is -0.357 e. The maximum absolute atomic E-state index is 12.7. The second-order valence-electron chi connectivity index (χ2n) is 9.00. The van der Waals surface area contributed by atoms with E-state index in [9.17, 15) is 4.79 Å². The van der Waals surface area contributed by atoms with Crippen molar-refractivity contribution in [1.29, 1.82) is 0 Å². The molecule has 1 aromatic carbocycles. The molecule has 7 heteroatoms. The van der Waals surface area contributed by atoms with Crippen molar-refractivity contribution in [3.8, 4) is 0 Å². The Morgan fingerprint density at radius 2 is 2.06 bits per heavy atom. The summed E-state index contributed by atoms with van der Waals surface area (Å²) in [4.78, 5) is 21.9. The Morgan fingerprint density at radius 3 is 2.84 bits per heavy atom. The molecule has 1 atom stereocenters. The number of benzene rings is 1. The largest absolute Gasteiger partial charge is 0.357 e. The molecule has 2 aliphatic rings. The smallest absolute Gasteiger partial charge is 0.222 e. The van der Waals surface area contributed by atoms with Crippen molar-refractivity contribution in [3.63, 3.8) is 0 Å². The fraction of sp³-hybridized carbons (Fsp3) is 0.560. The third-order valence-corrected chi connectivity index (χ3v) is 6.50. The van der Waals surface area contributed by atoms with Crippen LogP contribution in [0.25, 0.3) is 0 Å². The van der Waals surface area contributed by atoms with Crippen molar-refractivity contribution < 1.29 is 4.79 Å². The van der Waals surface area contributed by atoms with E-state index in [2.05, 4.69) is 52.7 Å². The molecule has 7 nitrogen and oxygen atoms in total. The molecule has 0 bridgehead atoms. The summed E-state index contributed by atoms with van der Waals surface area (Å²) in [5.41, 5.74) is 3.97. The highest BCUT2D eigenvalue weighted by atomic mass is 16.2. The average Bonchev–Trinajstić information content (AvgIpc) is 3.44. The van der Waals surface area contributed by atoms with Gasteiger partial charge in [0, 0.05) is 58.9 Å². The van der Waals surface area contributed by atoms with E-state index >= 15 is 0 Å². The molecule has 0 spiro atoms. The van der Waals surface area contributed by atoms with Crippen molar-refractivity contribution in [2.45, 2.75) is 45.6 Å². The van der Waals surface area contributed by atoms with Crippen molar-refractivity contribution in [2.24, 2.45) is 18.0 Å². The summed E-state index contributed by atoms with van der Waals surface area (Å²) >= 11 is 0. The molecule has 0 radical (unpaired) electrons. The number of amides is 1. The number of likely N-dealkylation sites (tertiary alicyclic amines) is 1. The van der Waals surface area contributed by atoms with Crippen LogP contribution in [0.1, 0.15) is 42.9 Å². The highest BCUT2D eigenvalue weighted by Gasteiger charge is 2.25. The molecule has 4 rings (SSSR count). The van der Waals surface area contributed by atoms with Crippen LogP contribution in [0.5, 0.6) is 0 Å². The number of aryl methyl sites for hydroxylation is 1. The fourth-order valence-corrected chi connectivity index (χ4v) is 4.81. The van der Waals surface area contributed by atoms with Gasteiger partial charge in [-0.25, -0.2) is 0 Å². The number of aliphatic imine (C=N–C) groups is 1. The Labute approximate surface area is 191 Å². The van der Waals surface area contributed by atoms with Crippen LogP contribution in [0.2, 0.25) is 0 Å². The van der Waals surface area contributed by atoms with Gasteiger partial charge in [0.15, 0.2) is 5.96 Å². The van der Waals surface area contributed by atoms with Crippen molar-refractivity contribution in [1.82, 2.24) is 24.9 Å². The van der Waals surface area contributed by atoms with Gasteiger partial charge in [0.1, 0.15) is 0 Å². The molecule has 2 aromatic rings. The van der Waals surface area contributed by atoms with Gasteiger partial charge in [0.2, 0.25) is 5.91 Å². The number of fused-ring (bicyclic) bond motifs is 1. The standard InChI is InChI=1S/C25H36N6O/c1-3-26-25(31-13-10-20(18-31)15-21-16-28-29(2)17-21)27-12-6-9-24(32)30-14-11-22-7-4-5-8-23(22)19-30/h4-5,7-8,16-17,20H,3,6,9-15,18-19H2,1-2H3,(H,26,27). The summed E-state index contributed by atoms with van der Waals surface area (Å²) in [6.07, 6.45) is 8.64. The monoisotopic (exact) mass is 436 g/mol. The number of carbonyl (C=O) groups excluding carboxylic acids is 1. The van der Waals surface area contributed by atoms with Crippen molar-refractivity contribution >= 4 is 11.9 Å². The number of nitrogens with one attached hydrogen (secondary N) is 1. The first-order valence-electron chi connectivity index (χ1n) is 12.0. The topological polar surface area (TPSA) is 65.8 Å². The highest BCUT2D eigenvalue weighted by molar-refractivity contribution is 5.80. The summed E-state index contributed by atoms with van der Waals surface area (Å²) in [7, 11) is 1.97. The van der Waals surface area contributed by atoms with E-state index in [1.807, 2.05) is 22.8 Å². The molecule has 1 aromatic heterocycles. The Kier molecular flexibility index (Phi) is 7.45. The van der Waals surface area contributed by atoms with Gasteiger partial charge in [-0.05, 0) is 55.2 Å². The summed E-state index contributed by atoms with van der Waals surface area (Å²) in [5.74, 6) is 1.87. The SMILES string of the molecule is CCNC(=NCCCC(=O)N1CCc2ccccc2C1)N1CCC(Cc2cnn(C)c2)C1. The van der Waals surface area contributed by atoms with Crippen molar-refractivity contribution in [2.75, 3.05) is 32.7 Å². The average molecular weight is 437 g/mol. The first-order chi connectivity index (χ1) is 15.6. The number of rotatable bonds is 7. The predicted molar refractivity (Wildman–Crippen MR) is 127 cm³/mol. The van der Waals surface area contributed by atoms with Crippen LogP contribution in [0, 0.1) is 5.92 Å². The zero-order chi connectivity index (χ0) is 22.3. The Morgan fingerprint density at radius 1 is 1.22 bits per heavy atom. The quantitative estimate of drug-likeness (QED) is 0.412. The minimum atomic E-state index is 0.248. The molecule has 1 saturated heterocycles. The van der Waals surface area contributed by atoms with Crippen LogP contribution >= 0.6 is 0 Å². The van der Waals surface area contributed by atoms with E-state index < -0.39 is 0 Å². The predicted octanol–water partition coefficient (Wildman–Crippen LogP) is 2.62. The molecule has 172 valence electrons. The van der Waals surface area contributed by atoms with Crippen LogP contribution in [0.4, 0.5) is 0 Å². The molecule has 1 amide bonds. The van der Waals surface area contributed by atoms with E-state index in [1.54, 1.807) is 0 Å². The maximum atomic E-state index is 12.7. The van der Waals surface area contributed by atoms with Crippen molar-refractivity contribution in [3.05, 3.63) is 53.3 Å². The number of hydrogen-bond acceptors (Lipinski definition) is 3. The van der Waals surface area contributed by atoms with Gasteiger partial charge in [-0.2, -0.15) is 5.10 Å². The molecule has 0 saturated carbocycles. The third kappa shape index (κ3) is 5.69. The summed E-state index contributed by atoms with van der Waals surface area (Å²) in [5, 5.41) is 7.73. The van der Waals surface area contributed by atoms with E-state index in [0.29, 0.717) is 18.9 Å². The first-order valence-corrected chi connectivity index (χ1v) is 12.0. The number of hydrogen-bond donors (Lipinski definition) is 1. The zero-order valence-electron chi connectivity index (χ0n) is 19.5. The van der Waals surface area contributed by atoms with E-state index in [1.165, 1.54) is 23.1 Å². The number of guanidine groups is 1. The molecule has 2 aliphatic heterocycles. The maximum Gasteiger partial charge on any atom is 0.222 e. The second-order valence-corrected chi connectivity index (χ2v) is 9.00. The molecule has 1 unspecified atom stereocenters. The molecule has 32 heavy (non-hydrogen) atoms. The summed E-state index contributed by atoms with van der Waals surface area (Å²) < 4.78 is 1.87. The molecule has 1 N–H and O–H groups in total. The Hall–Kier alpha value is -2.83. The van der Waals surface area contributed by atoms with Crippen LogP contribution in [0.15, 0.2) is 41.7 Å². The molecule has 3 heterocycles. The number of carbonyl (C=O) groups is 1. The van der Waals surface area contributed by atoms with Gasteiger partial charge in [-0.1, -0.05) is 24.3 Å². The van der Waals surface area contributed by atoms with Crippen LogP contribution < -0.4 is 5.32 Å². The molecule has 0 aliphatic carbocycles. The minimum absolute atomic E-state index is 0.248. The van der Waals surface area contributed by atoms with Gasteiger partial charge in [-0.15, -0.1) is 0 Å². The lowest BCUT2D eigenvalue weighted by Gasteiger charge is -2.29. The van der Waals surface area contributed by atoms with Crippen LogP contribution in [0.3, 0.4) is 0 Å². The second kappa shape index (κ2) is 10.7. The normalized spacial score (nSPS) is 18.7. The molecule has 1 fully saturated rings. The lowest BCUT2D eigenvalue weighted by molar-refractivity contribution is -0.132. The highest BCUT2D eigenvalue weighted by Crippen LogP contribution is 2.21. The zero-order valence-corrected chi connectivity index (χ0v) is 19.5. The summed E-state index contributed by atoms with van der Waals surface area (Å²) in [6, 6.07) is 8.45. The first kappa shape index (κ1) is 22.4. The number of nitrogens with zero attached hydrogens (tertiary/aromatic N) is 5. The van der Waals surface area contributed by atoms with Gasteiger partial charge < -0.3 is 15.1 Å². The fourth-order valence-electron chi connectivity index (χ4n) is 4.81. The lowest BCUT2D eigenvalue weighted by atomic mass is 9.99. The Balaban J connectivity index is 1.23. The van der Waals surface area contributed by atoms with Gasteiger partial charge >= 0.3 is 0 Å². The Bertz CT molecular complexity index is 936. The number of aromatic nitrogens is 2. The third-order valence-electron chi connectivity index (χ3n) is 6.50. The van der Waals surface area contributed by atoms with Crippen LogP contribution in [-0.4, -0.2) is 64.2 Å². The van der Waals surface area contributed by atoms with E-state index in [-0.39, 0.29) is 5.91 Å². The molecular formula is C25H36N6O. The van der Waals surface area contributed by atoms with Crippen LogP contribution in [-0.2, 0) is 31.2 Å². The molecular weight excluding hydrogens is 400 g/mol. The van der Waals surface area contributed by atoms with Gasteiger partial charge in [0.25, 0.3) is 0 Å². The van der Waals surface area contributed by atoms with Gasteiger partial charge in [-0.3, -0.25) is 14.5 Å². The summed E-state index contributed by atoms with van der Waals surface area (Å²) in [6.45, 7) is 7.27. The van der Waals surface area contributed by atoms with E-state index in [0.717, 1.165) is 57.9 Å². The lowest BCUT2D eigenvalue weighted by Crippen LogP contribution is -2.40.